The number of nitrogens with zero attached hydrogens (tertiary/aromatic N) is 2. The summed E-state index contributed by atoms with van der Waals surface area (Å²) in [7, 11) is 0. The van der Waals surface area contributed by atoms with E-state index in [4.69, 9.17) is 4.74 Å². The summed E-state index contributed by atoms with van der Waals surface area (Å²) in [6, 6.07) is 13.0. The molecule has 9 heteroatoms. The third kappa shape index (κ3) is 4.56. The first-order valence-electron chi connectivity index (χ1n) is 8.75. The molecule has 0 bridgehead atoms. The summed E-state index contributed by atoms with van der Waals surface area (Å²) in [4.78, 5) is 28.1. The Morgan fingerprint density at radius 1 is 1.14 bits per heavy atom. The number of anilines is 1. The number of halogens is 3. The van der Waals surface area contributed by atoms with Crippen LogP contribution in [0.5, 0.6) is 0 Å². The molecule has 29 heavy (non-hydrogen) atoms. The summed E-state index contributed by atoms with van der Waals surface area (Å²) >= 11 is 0. The van der Waals surface area contributed by atoms with Crippen molar-refractivity contribution in [3.8, 4) is 0 Å². The number of carbonyl (C=O) groups excluding carboxylic acids is 2. The van der Waals surface area contributed by atoms with Gasteiger partial charge in [-0.2, -0.15) is 13.2 Å². The van der Waals surface area contributed by atoms with Gasteiger partial charge in [0.05, 0.1) is 11.0 Å². The summed E-state index contributed by atoms with van der Waals surface area (Å²) in [6.45, 7) is 2.43. The van der Waals surface area contributed by atoms with Crippen LogP contribution in [-0.2, 0) is 27.0 Å². The van der Waals surface area contributed by atoms with Crippen LogP contribution in [0.3, 0.4) is 0 Å². The van der Waals surface area contributed by atoms with E-state index in [1.54, 1.807) is 37.3 Å². The highest BCUT2D eigenvalue weighted by Gasteiger charge is 2.38. The van der Waals surface area contributed by atoms with Crippen LogP contribution in [0.1, 0.15) is 18.3 Å². The maximum Gasteiger partial charge on any atom is 0.449 e. The minimum atomic E-state index is -4.74. The summed E-state index contributed by atoms with van der Waals surface area (Å²) < 4.78 is 45.7. The molecule has 1 aromatic heterocycles. The quantitative estimate of drug-likeness (QED) is 0.653. The van der Waals surface area contributed by atoms with Crippen molar-refractivity contribution in [1.82, 2.24) is 9.55 Å². The van der Waals surface area contributed by atoms with Gasteiger partial charge >= 0.3 is 12.1 Å². The standard InChI is InChI=1S/C20H18F3N3O3/c1-12-7-3-4-8-14(12)24-18(28)13(2)29-17(27)11-26-16-10-6-5-9-15(16)25-19(26)20(21,22)23/h3-10,13H,11H2,1-2H3,(H,24,28)/t13-/m1/s1. The summed E-state index contributed by atoms with van der Waals surface area (Å²) in [5, 5.41) is 2.62. The Hall–Kier alpha value is -3.36. The second kappa shape index (κ2) is 7.94. The molecule has 3 rings (SSSR count). The van der Waals surface area contributed by atoms with E-state index in [0.717, 1.165) is 10.1 Å². The first-order valence-corrected chi connectivity index (χ1v) is 8.75. The maximum atomic E-state index is 13.3. The van der Waals surface area contributed by atoms with Gasteiger partial charge in [0.1, 0.15) is 6.54 Å². The zero-order valence-electron chi connectivity index (χ0n) is 15.7. The average molecular weight is 405 g/mol. The Morgan fingerprint density at radius 3 is 2.48 bits per heavy atom. The van der Waals surface area contributed by atoms with E-state index < -0.39 is 36.5 Å². The molecular weight excluding hydrogens is 387 g/mol. The van der Waals surface area contributed by atoms with Crippen LogP contribution in [0, 0.1) is 6.92 Å². The largest absolute Gasteiger partial charge is 0.451 e. The van der Waals surface area contributed by atoms with Crippen molar-refractivity contribution in [2.24, 2.45) is 0 Å². The van der Waals surface area contributed by atoms with E-state index in [2.05, 4.69) is 10.3 Å². The van der Waals surface area contributed by atoms with Crippen molar-refractivity contribution in [3.05, 3.63) is 59.9 Å². The van der Waals surface area contributed by atoms with Gasteiger partial charge in [-0.05, 0) is 37.6 Å². The van der Waals surface area contributed by atoms with Crippen LogP contribution in [0.4, 0.5) is 18.9 Å². The molecule has 0 radical (unpaired) electrons. The number of benzene rings is 2. The fourth-order valence-corrected chi connectivity index (χ4v) is 2.82. The van der Waals surface area contributed by atoms with Gasteiger partial charge in [-0.15, -0.1) is 0 Å². The van der Waals surface area contributed by atoms with Gasteiger partial charge in [0, 0.05) is 5.69 Å². The first kappa shape index (κ1) is 20.4. The van der Waals surface area contributed by atoms with Gasteiger partial charge in [0.25, 0.3) is 5.91 Å². The third-order valence-corrected chi connectivity index (χ3v) is 4.28. The summed E-state index contributed by atoms with van der Waals surface area (Å²) in [5.74, 6) is -2.77. The topological polar surface area (TPSA) is 73.2 Å². The van der Waals surface area contributed by atoms with Crippen LogP contribution in [0.15, 0.2) is 48.5 Å². The number of aryl methyl sites for hydroxylation is 1. The van der Waals surface area contributed by atoms with E-state index in [0.29, 0.717) is 5.69 Å². The number of rotatable bonds is 5. The Balaban J connectivity index is 1.74. The number of hydrogen-bond acceptors (Lipinski definition) is 4. The molecule has 1 N–H and O–H groups in total. The molecule has 1 amide bonds. The van der Waals surface area contributed by atoms with Crippen molar-refractivity contribution < 1.29 is 27.5 Å². The minimum absolute atomic E-state index is 0.109. The normalized spacial score (nSPS) is 12.6. The molecule has 0 saturated heterocycles. The third-order valence-electron chi connectivity index (χ3n) is 4.28. The maximum absolute atomic E-state index is 13.3. The highest BCUT2D eigenvalue weighted by Crippen LogP contribution is 2.31. The van der Waals surface area contributed by atoms with Gasteiger partial charge in [-0.3, -0.25) is 9.59 Å². The molecule has 152 valence electrons. The highest BCUT2D eigenvalue weighted by molar-refractivity contribution is 5.95. The first-order chi connectivity index (χ1) is 13.7. The van der Waals surface area contributed by atoms with Crippen molar-refractivity contribution in [2.75, 3.05) is 5.32 Å². The van der Waals surface area contributed by atoms with Crippen molar-refractivity contribution in [1.29, 1.82) is 0 Å². The fraction of sp³-hybridized carbons (Fsp3) is 0.250. The lowest BCUT2D eigenvalue weighted by atomic mass is 10.2. The lowest BCUT2D eigenvalue weighted by Crippen LogP contribution is -2.32. The fourth-order valence-electron chi connectivity index (χ4n) is 2.82. The zero-order valence-corrected chi connectivity index (χ0v) is 15.7. The number of fused-ring (bicyclic) bond motifs is 1. The van der Waals surface area contributed by atoms with E-state index in [-0.39, 0.29) is 11.0 Å². The van der Waals surface area contributed by atoms with E-state index in [9.17, 15) is 22.8 Å². The summed E-state index contributed by atoms with van der Waals surface area (Å²) in [6.07, 6.45) is -5.93. The number of aromatic nitrogens is 2. The number of imidazole rings is 1. The molecule has 3 aromatic rings. The molecule has 1 heterocycles. The lowest BCUT2D eigenvalue weighted by molar-refractivity contribution is -0.156. The van der Waals surface area contributed by atoms with Crippen LogP contribution < -0.4 is 5.32 Å². The van der Waals surface area contributed by atoms with Gasteiger partial charge in [-0.1, -0.05) is 30.3 Å². The Labute approximate surface area is 164 Å². The molecule has 0 spiro atoms. The average Bonchev–Trinajstić information content (AvgIpc) is 3.02. The van der Waals surface area contributed by atoms with Gasteiger partial charge in [0.15, 0.2) is 6.10 Å². The predicted molar refractivity (Wildman–Crippen MR) is 100 cm³/mol. The SMILES string of the molecule is Cc1ccccc1NC(=O)[C@@H](C)OC(=O)Cn1c(C(F)(F)F)nc2ccccc21. The molecule has 0 aliphatic heterocycles. The van der Waals surface area contributed by atoms with Crippen LogP contribution in [0.25, 0.3) is 11.0 Å². The monoisotopic (exact) mass is 405 g/mol. The number of para-hydroxylation sites is 3. The van der Waals surface area contributed by atoms with Crippen LogP contribution >= 0.6 is 0 Å². The Bertz CT molecular complexity index is 1060. The number of amides is 1. The van der Waals surface area contributed by atoms with Gasteiger partial charge < -0.3 is 14.6 Å². The zero-order chi connectivity index (χ0) is 21.2. The molecule has 0 aliphatic carbocycles. The van der Waals surface area contributed by atoms with Gasteiger partial charge in [0.2, 0.25) is 5.82 Å². The molecule has 0 unspecified atom stereocenters. The molecule has 1 atom stereocenters. The number of ether oxygens (including phenoxy) is 1. The molecular formula is C20H18F3N3O3. The molecule has 0 aliphatic rings. The summed E-state index contributed by atoms with van der Waals surface area (Å²) in [5.41, 5.74) is 1.63. The highest BCUT2D eigenvalue weighted by atomic mass is 19.4. The Morgan fingerprint density at radius 2 is 1.79 bits per heavy atom. The van der Waals surface area contributed by atoms with E-state index in [1.807, 2.05) is 6.07 Å². The van der Waals surface area contributed by atoms with Gasteiger partial charge in [-0.25, -0.2) is 4.98 Å². The molecule has 6 nitrogen and oxygen atoms in total. The Kier molecular flexibility index (Phi) is 5.58. The minimum Gasteiger partial charge on any atom is -0.451 e. The molecule has 2 aromatic carbocycles. The van der Waals surface area contributed by atoms with Crippen molar-refractivity contribution >= 4 is 28.6 Å². The van der Waals surface area contributed by atoms with Crippen LogP contribution in [0.2, 0.25) is 0 Å². The predicted octanol–water partition coefficient (Wildman–Crippen LogP) is 3.93. The number of esters is 1. The van der Waals surface area contributed by atoms with E-state index >= 15 is 0 Å². The number of carbonyl (C=O) groups is 2. The lowest BCUT2D eigenvalue weighted by Gasteiger charge is -2.16. The van der Waals surface area contributed by atoms with Crippen molar-refractivity contribution in [3.63, 3.8) is 0 Å². The second-order valence-electron chi connectivity index (χ2n) is 6.44. The van der Waals surface area contributed by atoms with E-state index in [1.165, 1.54) is 19.1 Å². The van der Waals surface area contributed by atoms with Crippen LogP contribution in [-0.4, -0.2) is 27.5 Å². The second-order valence-corrected chi connectivity index (χ2v) is 6.44. The van der Waals surface area contributed by atoms with Crippen molar-refractivity contribution in [2.45, 2.75) is 32.7 Å². The molecule has 0 saturated carbocycles. The number of alkyl halides is 3. The number of hydrogen-bond donors (Lipinski definition) is 1. The smallest absolute Gasteiger partial charge is 0.449 e. The molecule has 0 fully saturated rings. The number of nitrogens with one attached hydrogen (secondary N) is 1.